The second kappa shape index (κ2) is 9.54. The largest absolute Gasteiger partial charge is 0.508 e. The highest BCUT2D eigenvalue weighted by molar-refractivity contribution is 5.88. The van der Waals surface area contributed by atoms with Gasteiger partial charge in [-0.2, -0.15) is 0 Å². The van der Waals surface area contributed by atoms with E-state index < -0.39 is 82.8 Å². The summed E-state index contributed by atoms with van der Waals surface area (Å²) in [4.78, 5) is 24.7. The molecule has 1 saturated heterocycles. The van der Waals surface area contributed by atoms with Crippen molar-refractivity contribution in [3.05, 3.63) is 40.6 Å². The van der Waals surface area contributed by atoms with Gasteiger partial charge in [0.2, 0.25) is 17.5 Å². The van der Waals surface area contributed by atoms with Crippen LogP contribution < -0.4 is 10.2 Å². The fourth-order valence-electron chi connectivity index (χ4n) is 3.83. The number of carbonyl (C=O) groups excluding carboxylic acids is 1. The Morgan fingerprint density at radius 2 is 1.72 bits per heavy atom. The molecular formula is C23H22O13. The van der Waals surface area contributed by atoms with E-state index in [9.17, 15) is 45.3 Å². The normalized spacial score (nSPS) is 23.9. The van der Waals surface area contributed by atoms with Crippen LogP contribution in [0, 0.1) is 0 Å². The predicted molar refractivity (Wildman–Crippen MR) is 119 cm³/mol. The Bertz CT molecular complexity index is 1360. The number of benzene rings is 2. The molecule has 1 aromatic heterocycles. The standard InChI is InChI=1S/C23H22O13/c1-8(25)33-21-15(7-24)35-23(19(32)18(21)31)36-22-17(30)16-13(29)5-10(26)6-14(16)34-20(22)9-2-3-11(27)12(28)4-9/h2-6,15,18-19,21,23-24,26-29,31-32H,7H2,1H3/t15-,18-,19+,21-,23-/m0/s1. The number of aliphatic hydroxyl groups excluding tert-OH is 3. The number of ether oxygens (including phenoxy) is 3. The molecule has 0 bridgehead atoms. The molecule has 0 amide bonds. The number of aliphatic hydroxyl groups is 3. The third-order valence-corrected chi connectivity index (χ3v) is 5.51. The van der Waals surface area contributed by atoms with Crippen LogP contribution in [0.15, 0.2) is 39.5 Å². The number of aromatic hydroxyl groups is 4. The monoisotopic (exact) mass is 506 g/mol. The number of hydrogen-bond donors (Lipinski definition) is 7. The summed E-state index contributed by atoms with van der Waals surface area (Å²) in [6, 6.07) is 5.32. The van der Waals surface area contributed by atoms with Gasteiger partial charge in [0.15, 0.2) is 23.4 Å². The maximum Gasteiger partial charge on any atom is 0.303 e. The molecular weight excluding hydrogens is 484 g/mol. The molecule has 3 aromatic rings. The molecule has 0 saturated carbocycles. The molecule has 192 valence electrons. The summed E-state index contributed by atoms with van der Waals surface area (Å²) in [5, 5.41) is 69.9. The highest BCUT2D eigenvalue weighted by Gasteiger charge is 2.48. The van der Waals surface area contributed by atoms with E-state index in [-0.39, 0.29) is 16.9 Å². The first-order valence-corrected chi connectivity index (χ1v) is 10.5. The topological polar surface area (TPSA) is 217 Å². The molecule has 13 heteroatoms. The van der Waals surface area contributed by atoms with Crippen LogP contribution in [0.5, 0.6) is 28.7 Å². The smallest absolute Gasteiger partial charge is 0.303 e. The lowest BCUT2D eigenvalue weighted by Gasteiger charge is -2.41. The highest BCUT2D eigenvalue weighted by atomic mass is 16.7. The van der Waals surface area contributed by atoms with Crippen molar-refractivity contribution in [1.82, 2.24) is 0 Å². The lowest BCUT2D eigenvalue weighted by Crippen LogP contribution is -2.61. The molecule has 36 heavy (non-hydrogen) atoms. The SMILES string of the molecule is CC(=O)O[C@@H]1[C@@H](O)[C@@H](O)[C@H](Oc2c(-c3ccc(O)c(O)c3)oc3cc(O)cc(O)c3c2=O)O[C@H]1CO. The average molecular weight is 506 g/mol. The molecule has 0 aliphatic carbocycles. The fraction of sp³-hybridized carbons (Fsp3) is 0.304. The zero-order chi connectivity index (χ0) is 26.3. The van der Waals surface area contributed by atoms with Crippen molar-refractivity contribution < 1.29 is 59.2 Å². The van der Waals surface area contributed by atoms with E-state index >= 15 is 0 Å². The summed E-state index contributed by atoms with van der Waals surface area (Å²) in [5.74, 6) is -3.95. The van der Waals surface area contributed by atoms with Crippen LogP contribution in [-0.2, 0) is 14.3 Å². The first kappa shape index (κ1) is 25.1. The Balaban J connectivity index is 1.85. The third-order valence-electron chi connectivity index (χ3n) is 5.51. The Labute approximate surface area is 201 Å². The molecule has 0 unspecified atom stereocenters. The van der Waals surface area contributed by atoms with E-state index in [1.807, 2.05) is 0 Å². The Morgan fingerprint density at radius 3 is 2.36 bits per heavy atom. The van der Waals surface area contributed by atoms with Gasteiger partial charge in [-0.05, 0) is 18.2 Å². The van der Waals surface area contributed by atoms with Crippen molar-refractivity contribution in [2.45, 2.75) is 37.6 Å². The number of rotatable bonds is 5. The molecule has 7 N–H and O–H groups in total. The van der Waals surface area contributed by atoms with E-state index in [1.165, 1.54) is 6.07 Å². The molecule has 13 nitrogen and oxygen atoms in total. The summed E-state index contributed by atoms with van der Waals surface area (Å²) in [6.07, 6.45) is -8.27. The van der Waals surface area contributed by atoms with E-state index in [0.717, 1.165) is 31.2 Å². The van der Waals surface area contributed by atoms with Crippen molar-refractivity contribution >= 4 is 16.9 Å². The molecule has 0 radical (unpaired) electrons. The number of hydrogen-bond acceptors (Lipinski definition) is 13. The molecule has 1 aliphatic heterocycles. The summed E-state index contributed by atoms with van der Waals surface area (Å²) >= 11 is 0. The summed E-state index contributed by atoms with van der Waals surface area (Å²) in [5.41, 5.74) is -1.24. The van der Waals surface area contributed by atoms with Gasteiger partial charge in [0.25, 0.3) is 0 Å². The molecule has 1 fully saturated rings. The second-order valence-electron chi connectivity index (χ2n) is 8.03. The second-order valence-corrected chi connectivity index (χ2v) is 8.03. The van der Waals surface area contributed by atoms with Gasteiger partial charge in [-0.1, -0.05) is 0 Å². The first-order chi connectivity index (χ1) is 17.0. The molecule has 5 atom stereocenters. The highest BCUT2D eigenvalue weighted by Crippen LogP contribution is 2.39. The van der Waals surface area contributed by atoms with Gasteiger partial charge >= 0.3 is 5.97 Å². The lowest BCUT2D eigenvalue weighted by molar-refractivity contribution is -0.281. The number of phenols is 4. The van der Waals surface area contributed by atoms with E-state index in [4.69, 9.17) is 18.6 Å². The van der Waals surface area contributed by atoms with Gasteiger partial charge in [0, 0.05) is 24.6 Å². The Hall–Kier alpha value is -4.04. The molecule has 4 rings (SSSR count). The van der Waals surface area contributed by atoms with E-state index in [1.54, 1.807) is 0 Å². The van der Waals surface area contributed by atoms with Crippen LogP contribution in [0.2, 0.25) is 0 Å². The summed E-state index contributed by atoms with van der Waals surface area (Å²) in [7, 11) is 0. The minimum atomic E-state index is -1.89. The van der Waals surface area contributed by atoms with Crippen LogP contribution in [0.25, 0.3) is 22.3 Å². The number of fused-ring (bicyclic) bond motifs is 1. The van der Waals surface area contributed by atoms with E-state index in [0.29, 0.717) is 0 Å². The van der Waals surface area contributed by atoms with Gasteiger partial charge in [-0.3, -0.25) is 9.59 Å². The van der Waals surface area contributed by atoms with Crippen LogP contribution >= 0.6 is 0 Å². The third kappa shape index (κ3) is 4.47. The molecule has 1 aliphatic rings. The minimum absolute atomic E-state index is 0.00415. The summed E-state index contributed by atoms with van der Waals surface area (Å²) in [6.45, 7) is 0.298. The minimum Gasteiger partial charge on any atom is -0.508 e. The van der Waals surface area contributed by atoms with E-state index in [2.05, 4.69) is 0 Å². The van der Waals surface area contributed by atoms with Crippen LogP contribution in [0.3, 0.4) is 0 Å². The fourth-order valence-corrected chi connectivity index (χ4v) is 3.83. The maximum atomic E-state index is 13.4. The maximum absolute atomic E-state index is 13.4. The predicted octanol–water partition coefficient (Wildman–Crippen LogP) is 0.0319. The number of phenolic OH excluding ortho intramolecular Hbond substituents is 4. The molecule has 0 spiro atoms. The number of esters is 1. The molecule has 2 aromatic carbocycles. The number of carbonyl (C=O) groups is 1. The first-order valence-electron chi connectivity index (χ1n) is 10.5. The Morgan fingerprint density at radius 1 is 1.00 bits per heavy atom. The van der Waals surface area contributed by atoms with Crippen molar-refractivity contribution in [3.63, 3.8) is 0 Å². The zero-order valence-electron chi connectivity index (χ0n) is 18.6. The van der Waals surface area contributed by atoms with Crippen LogP contribution in [0.1, 0.15) is 6.92 Å². The van der Waals surface area contributed by atoms with Crippen molar-refractivity contribution in [2.24, 2.45) is 0 Å². The van der Waals surface area contributed by atoms with Gasteiger partial charge in [-0.15, -0.1) is 0 Å². The van der Waals surface area contributed by atoms with Crippen molar-refractivity contribution in [1.29, 1.82) is 0 Å². The van der Waals surface area contributed by atoms with Crippen molar-refractivity contribution in [2.75, 3.05) is 6.61 Å². The van der Waals surface area contributed by atoms with Gasteiger partial charge in [0.05, 0.1) is 6.61 Å². The van der Waals surface area contributed by atoms with Gasteiger partial charge in [-0.25, -0.2) is 0 Å². The summed E-state index contributed by atoms with van der Waals surface area (Å²) < 4.78 is 21.7. The van der Waals surface area contributed by atoms with Crippen LogP contribution in [0.4, 0.5) is 0 Å². The Kier molecular flexibility index (Phi) is 6.65. The molecule has 2 heterocycles. The van der Waals surface area contributed by atoms with Gasteiger partial charge in [0.1, 0.15) is 40.8 Å². The quantitative estimate of drug-likeness (QED) is 0.180. The average Bonchev–Trinajstić information content (AvgIpc) is 2.81. The van der Waals surface area contributed by atoms with Crippen molar-refractivity contribution in [3.8, 4) is 40.1 Å². The lowest BCUT2D eigenvalue weighted by atomic mass is 9.99. The van der Waals surface area contributed by atoms with Crippen LogP contribution in [-0.4, -0.2) is 79.0 Å². The zero-order valence-corrected chi connectivity index (χ0v) is 18.6. The van der Waals surface area contributed by atoms with Gasteiger partial charge < -0.3 is 54.4 Å².